The van der Waals surface area contributed by atoms with Crippen LogP contribution in [0, 0.1) is 6.92 Å². The Balaban J connectivity index is 2.22. The summed E-state index contributed by atoms with van der Waals surface area (Å²) in [7, 11) is 0. The summed E-state index contributed by atoms with van der Waals surface area (Å²) in [6.07, 6.45) is 2.31. The molecule has 0 radical (unpaired) electrons. The van der Waals surface area contributed by atoms with Crippen LogP contribution in [0.5, 0.6) is 11.7 Å². The topological polar surface area (TPSA) is 52.3 Å². The Labute approximate surface area is 86.5 Å². The molecule has 0 unspecified atom stereocenters. The van der Waals surface area contributed by atoms with E-state index in [0.29, 0.717) is 12.0 Å². The molecule has 0 fully saturated rings. The molecule has 0 aliphatic rings. The first kappa shape index (κ1) is 9.45. The second-order valence-corrected chi connectivity index (χ2v) is 2.96. The Morgan fingerprint density at radius 1 is 1.40 bits per heavy atom. The van der Waals surface area contributed by atoms with Gasteiger partial charge in [-0.1, -0.05) is 0 Å². The number of rotatable bonds is 3. The minimum atomic E-state index is 0.242. The maximum absolute atomic E-state index is 10.4. The molecule has 4 nitrogen and oxygen atoms in total. The fraction of sp³-hybridized carbons (Fsp3) is 0.0909. The van der Waals surface area contributed by atoms with E-state index in [9.17, 15) is 4.79 Å². The molecule has 0 saturated heterocycles. The van der Waals surface area contributed by atoms with Gasteiger partial charge in [-0.25, -0.2) is 0 Å². The van der Waals surface area contributed by atoms with Crippen molar-refractivity contribution in [3.63, 3.8) is 0 Å². The van der Waals surface area contributed by atoms with E-state index >= 15 is 0 Å². The van der Waals surface area contributed by atoms with Crippen LogP contribution in [0.25, 0.3) is 0 Å². The van der Waals surface area contributed by atoms with E-state index < -0.39 is 0 Å². The summed E-state index contributed by atoms with van der Waals surface area (Å²) in [5.41, 5.74) is 0.765. The van der Waals surface area contributed by atoms with Gasteiger partial charge in [0.2, 0.25) is 0 Å². The molecular weight excluding hydrogens is 194 g/mol. The lowest BCUT2D eigenvalue weighted by Gasteiger charge is -2.03. The molecule has 2 aromatic rings. The van der Waals surface area contributed by atoms with Crippen molar-refractivity contribution >= 4 is 6.29 Å². The molecule has 0 aliphatic heterocycles. The molecule has 0 bridgehead atoms. The molecule has 0 saturated carbocycles. The van der Waals surface area contributed by atoms with Gasteiger partial charge >= 0.3 is 0 Å². The number of pyridine rings is 1. The van der Waals surface area contributed by atoms with Crippen molar-refractivity contribution in [1.82, 2.24) is 4.98 Å². The van der Waals surface area contributed by atoms with Crippen LogP contribution in [0.1, 0.15) is 16.2 Å². The van der Waals surface area contributed by atoms with Gasteiger partial charge in [0.15, 0.2) is 17.8 Å². The Kier molecular flexibility index (Phi) is 2.49. The number of aldehydes is 1. The summed E-state index contributed by atoms with van der Waals surface area (Å²) >= 11 is 0. The van der Waals surface area contributed by atoms with Crippen LogP contribution >= 0.6 is 0 Å². The van der Waals surface area contributed by atoms with Gasteiger partial charge in [0.25, 0.3) is 5.95 Å². The average Bonchev–Trinajstić information content (AvgIpc) is 2.69. The highest BCUT2D eigenvalue weighted by Gasteiger charge is 2.05. The molecule has 0 amide bonds. The van der Waals surface area contributed by atoms with Crippen molar-refractivity contribution < 1.29 is 13.9 Å². The number of carbonyl (C=O) groups excluding carboxylic acids is 1. The minimum Gasteiger partial charge on any atom is -0.424 e. The van der Waals surface area contributed by atoms with Crippen molar-refractivity contribution in [2.24, 2.45) is 0 Å². The summed E-state index contributed by atoms with van der Waals surface area (Å²) in [5.74, 6) is 1.14. The minimum absolute atomic E-state index is 0.242. The maximum atomic E-state index is 10.4. The number of carbonyl (C=O) groups is 1. The Bertz CT molecular complexity index is 476. The fourth-order valence-electron chi connectivity index (χ4n) is 1.14. The number of furan rings is 1. The Hall–Kier alpha value is -2.10. The summed E-state index contributed by atoms with van der Waals surface area (Å²) in [6, 6.07) is 6.70. The predicted molar refractivity (Wildman–Crippen MR) is 53.1 cm³/mol. The maximum Gasteiger partial charge on any atom is 0.290 e. The summed E-state index contributed by atoms with van der Waals surface area (Å²) in [4.78, 5) is 14.4. The third-order valence-corrected chi connectivity index (χ3v) is 1.89. The molecule has 0 aliphatic carbocycles. The molecule has 76 valence electrons. The SMILES string of the molecule is Cc1ncccc1Oc1ccc(C=O)o1. The van der Waals surface area contributed by atoms with Crippen LogP contribution in [0.15, 0.2) is 34.9 Å². The molecule has 2 aromatic heterocycles. The standard InChI is InChI=1S/C11H9NO3/c1-8-10(3-2-6-12-8)15-11-5-4-9(7-13)14-11/h2-7H,1H3. The number of aromatic nitrogens is 1. The number of aryl methyl sites for hydroxylation is 1. The summed E-state index contributed by atoms with van der Waals surface area (Å²) in [5, 5.41) is 0. The first-order valence-corrected chi connectivity index (χ1v) is 4.44. The largest absolute Gasteiger partial charge is 0.424 e. The van der Waals surface area contributed by atoms with Crippen LogP contribution in [-0.4, -0.2) is 11.3 Å². The van der Waals surface area contributed by atoms with Gasteiger partial charge in [0, 0.05) is 12.3 Å². The molecule has 0 N–H and O–H groups in total. The second-order valence-electron chi connectivity index (χ2n) is 2.96. The Morgan fingerprint density at radius 2 is 2.27 bits per heavy atom. The van der Waals surface area contributed by atoms with E-state index in [1.807, 2.05) is 6.92 Å². The molecule has 4 heteroatoms. The lowest BCUT2D eigenvalue weighted by Crippen LogP contribution is -1.87. The second kappa shape index (κ2) is 3.96. The smallest absolute Gasteiger partial charge is 0.290 e. The van der Waals surface area contributed by atoms with Gasteiger partial charge in [-0.3, -0.25) is 9.78 Å². The normalized spacial score (nSPS) is 9.93. The molecule has 2 heterocycles. The lowest BCUT2D eigenvalue weighted by atomic mass is 10.3. The van der Waals surface area contributed by atoms with Crippen LogP contribution in [0.3, 0.4) is 0 Å². The van der Waals surface area contributed by atoms with Crippen LogP contribution < -0.4 is 4.74 Å². The molecule has 15 heavy (non-hydrogen) atoms. The quantitative estimate of drug-likeness (QED) is 0.719. The zero-order valence-electron chi connectivity index (χ0n) is 8.14. The van der Waals surface area contributed by atoms with Crippen molar-refractivity contribution in [3.8, 4) is 11.7 Å². The van der Waals surface area contributed by atoms with Crippen molar-refractivity contribution in [1.29, 1.82) is 0 Å². The number of ether oxygens (including phenoxy) is 1. The summed E-state index contributed by atoms with van der Waals surface area (Å²) < 4.78 is 10.5. The van der Waals surface area contributed by atoms with E-state index in [-0.39, 0.29) is 11.7 Å². The van der Waals surface area contributed by atoms with Gasteiger partial charge in [-0.15, -0.1) is 0 Å². The van der Waals surface area contributed by atoms with Gasteiger partial charge in [0.1, 0.15) is 0 Å². The van der Waals surface area contributed by atoms with Crippen molar-refractivity contribution in [3.05, 3.63) is 41.9 Å². The first-order valence-electron chi connectivity index (χ1n) is 4.44. The van der Waals surface area contributed by atoms with Gasteiger partial charge in [-0.2, -0.15) is 0 Å². The third-order valence-electron chi connectivity index (χ3n) is 1.89. The van der Waals surface area contributed by atoms with Crippen LogP contribution in [-0.2, 0) is 0 Å². The zero-order valence-corrected chi connectivity index (χ0v) is 8.14. The van der Waals surface area contributed by atoms with Gasteiger partial charge < -0.3 is 9.15 Å². The highest BCUT2D eigenvalue weighted by atomic mass is 16.6. The van der Waals surface area contributed by atoms with E-state index in [0.717, 1.165) is 5.69 Å². The van der Waals surface area contributed by atoms with E-state index in [1.165, 1.54) is 0 Å². The van der Waals surface area contributed by atoms with E-state index in [1.54, 1.807) is 30.5 Å². The van der Waals surface area contributed by atoms with Crippen LogP contribution in [0.2, 0.25) is 0 Å². The number of hydrogen-bond donors (Lipinski definition) is 0. The average molecular weight is 203 g/mol. The van der Waals surface area contributed by atoms with Gasteiger partial charge in [0.05, 0.1) is 5.69 Å². The summed E-state index contributed by atoms with van der Waals surface area (Å²) in [6.45, 7) is 1.83. The monoisotopic (exact) mass is 203 g/mol. The highest BCUT2D eigenvalue weighted by Crippen LogP contribution is 2.24. The lowest BCUT2D eigenvalue weighted by molar-refractivity contribution is 0.109. The zero-order chi connectivity index (χ0) is 10.7. The van der Waals surface area contributed by atoms with Crippen molar-refractivity contribution in [2.75, 3.05) is 0 Å². The molecule has 0 aromatic carbocycles. The highest BCUT2D eigenvalue weighted by molar-refractivity contribution is 5.70. The van der Waals surface area contributed by atoms with Crippen molar-refractivity contribution in [2.45, 2.75) is 6.92 Å². The first-order chi connectivity index (χ1) is 7.29. The van der Waals surface area contributed by atoms with E-state index in [4.69, 9.17) is 9.15 Å². The predicted octanol–water partition coefficient (Wildman–Crippen LogP) is 2.59. The number of nitrogens with zero attached hydrogens (tertiary/aromatic N) is 1. The fourth-order valence-corrected chi connectivity index (χ4v) is 1.14. The van der Waals surface area contributed by atoms with Crippen LogP contribution in [0.4, 0.5) is 0 Å². The molecule has 0 spiro atoms. The Morgan fingerprint density at radius 3 is 2.93 bits per heavy atom. The molecule has 0 atom stereocenters. The molecular formula is C11H9NO3. The number of hydrogen-bond acceptors (Lipinski definition) is 4. The van der Waals surface area contributed by atoms with E-state index in [2.05, 4.69) is 4.98 Å². The molecule has 2 rings (SSSR count). The third kappa shape index (κ3) is 2.04. The van der Waals surface area contributed by atoms with Gasteiger partial charge in [-0.05, 0) is 25.1 Å².